The molecule has 11 heteroatoms. The third kappa shape index (κ3) is 6.53. The summed E-state index contributed by atoms with van der Waals surface area (Å²) in [5, 5.41) is 5.75. The van der Waals surface area contributed by atoms with E-state index >= 15 is 0 Å². The third-order valence-corrected chi connectivity index (χ3v) is 8.22. The monoisotopic (exact) mass is 539 g/mol. The van der Waals surface area contributed by atoms with Crippen LogP contribution < -0.4 is 10.6 Å². The Morgan fingerprint density at radius 3 is 2.46 bits per heavy atom. The maximum atomic E-state index is 14.4. The molecule has 2 aliphatic heterocycles. The molecule has 1 aliphatic carbocycles. The molecule has 2 N–H and O–H groups in total. The molecule has 0 aromatic carbocycles. The smallest absolute Gasteiger partial charge is 0.350 e. The van der Waals surface area contributed by atoms with Crippen LogP contribution in [0, 0.1) is 11.3 Å². The fourth-order valence-electron chi connectivity index (χ4n) is 4.79. The number of amides is 2. The highest BCUT2D eigenvalue weighted by molar-refractivity contribution is 7.15. The number of hydrogen-bond donors (Lipinski definition) is 2. The van der Waals surface area contributed by atoms with E-state index in [4.69, 9.17) is 0 Å². The van der Waals surface area contributed by atoms with Crippen molar-refractivity contribution in [1.29, 1.82) is 0 Å². The van der Waals surface area contributed by atoms with Crippen LogP contribution in [0.2, 0.25) is 0 Å². The Hall–Kier alpha value is -2.43. The van der Waals surface area contributed by atoms with E-state index in [1.54, 1.807) is 4.90 Å². The summed E-state index contributed by atoms with van der Waals surface area (Å²) < 4.78 is 43.1. The molecular formula is C26H36F3N5O2S. The Morgan fingerprint density at radius 1 is 1.19 bits per heavy atom. The van der Waals surface area contributed by atoms with Gasteiger partial charge in [0.05, 0.1) is 16.8 Å². The Bertz CT molecular complexity index is 1080. The zero-order chi connectivity index (χ0) is 27.0. The van der Waals surface area contributed by atoms with Crippen LogP contribution in [0.15, 0.2) is 11.2 Å². The molecule has 3 aliphatic rings. The molecule has 1 aromatic heterocycles. The second kappa shape index (κ2) is 10.7. The number of likely N-dealkylation sites (tertiary alicyclic amines) is 1. The normalized spacial score (nSPS) is 24.4. The van der Waals surface area contributed by atoms with Crippen molar-refractivity contribution in [3.63, 3.8) is 0 Å². The van der Waals surface area contributed by atoms with Crippen LogP contribution in [-0.2, 0) is 0 Å². The van der Waals surface area contributed by atoms with Crippen LogP contribution in [0.4, 0.5) is 13.2 Å². The first kappa shape index (κ1) is 27.6. The van der Waals surface area contributed by atoms with Crippen molar-refractivity contribution < 1.29 is 22.8 Å². The van der Waals surface area contributed by atoms with Crippen LogP contribution in [0.3, 0.4) is 0 Å². The van der Waals surface area contributed by atoms with Crippen LogP contribution in [0.1, 0.15) is 97.8 Å². The molecule has 1 saturated carbocycles. The van der Waals surface area contributed by atoms with Crippen LogP contribution in [-0.4, -0.2) is 58.9 Å². The summed E-state index contributed by atoms with van der Waals surface area (Å²) in [5.74, 6) is -2.47. The fourth-order valence-corrected chi connectivity index (χ4v) is 5.84. The van der Waals surface area contributed by atoms with E-state index in [1.807, 2.05) is 27.7 Å². The second-order valence-corrected chi connectivity index (χ2v) is 12.5. The highest BCUT2D eigenvalue weighted by Crippen LogP contribution is 2.44. The van der Waals surface area contributed by atoms with Crippen molar-refractivity contribution in [2.75, 3.05) is 13.1 Å². The number of allylic oxidation sites excluding steroid dienone is 1. The number of halogens is 3. The Balaban J connectivity index is 1.69. The van der Waals surface area contributed by atoms with Gasteiger partial charge in [-0.15, -0.1) is 11.3 Å². The number of rotatable bonds is 5. The molecule has 4 rings (SSSR count). The average Bonchev–Trinajstić information content (AvgIpc) is 3.27. The predicted molar refractivity (Wildman–Crippen MR) is 139 cm³/mol. The number of nitrogens with one attached hydrogen (secondary N) is 2. The Labute approximate surface area is 220 Å². The standard InChI is InChI=1S/C26H36F3N5O2S/c1-15-10-11-34(15)24(36)20-21(37-23(33-20)22(35)31-14-25(2,3)4)17-13-30-19(12-18(17)26(27,28)29)32-16-8-6-5-7-9-16/h13,15-16,18H,5-12,14H2,1-4H3,(H,30,32)(H,31,35)/t15-,18?/m0/s1. The number of nitrogens with zero attached hydrogens (tertiary/aromatic N) is 3. The number of amidine groups is 1. The minimum Gasteiger partial charge on any atom is -0.350 e. The maximum absolute atomic E-state index is 14.4. The molecular weight excluding hydrogens is 503 g/mol. The van der Waals surface area contributed by atoms with Gasteiger partial charge in [-0.05, 0) is 31.6 Å². The van der Waals surface area contributed by atoms with Gasteiger partial charge in [-0.2, -0.15) is 13.2 Å². The summed E-state index contributed by atoms with van der Waals surface area (Å²) in [5.41, 5.74) is -0.348. The minimum absolute atomic E-state index is 0.0146. The largest absolute Gasteiger partial charge is 0.396 e. The quantitative estimate of drug-likeness (QED) is 0.525. The molecule has 0 radical (unpaired) electrons. The van der Waals surface area contributed by atoms with E-state index in [1.165, 1.54) is 6.20 Å². The molecule has 37 heavy (non-hydrogen) atoms. The van der Waals surface area contributed by atoms with E-state index in [0.29, 0.717) is 18.9 Å². The van der Waals surface area contributed by atoms with Gasteiger partial charge in [0.2, 0.25) is 0 Å². The molecule has 1 unspecified atom stereocenters. The summed E-state index contributed by atoms with van der Waals surface area (Å²) in [7, 11) is 0. The lowest BCUT2D eigenvalue weighted by Crippen LogP contribution is -2.49. The van der Waals surface area contributed by atoms with Gasteiger partial charge < -0.3 is 15.5 Å². The average molecular weight is 540 g/mol. The molecule has 2 atom stereocenters. The van der Waals surface area contributed by atoms with Crippen molar-refractivity contribution in [2.45, 2.75) is 90.9 Å². The number of alkyl halides is 3. The van der Waals surface area contributed by atoms with Gasteiger partial charge in [-0.1, -0.05) is 40.0 Å². The van der Waals surface area contributed by atoms with Gasteiger partial charge in [-0.3, -0.25) is 14.6 Å². The van der Waals surface area contributed by atoms with E-state index in [2.05, 4.69) is 20.6 Å². The molecule has 0 bridgehead atoms. The molecule has 0 spiro atoms. The van der Waals surface area contributed by atoms with Gasteiger partial charge in [0.1, 0.15) is 11.5 Å². The Morgan fingerprint density at radius 2 is 1.89 bits per heavy atom. The van der Waals surface area contributed by atoms with Crippen molar-refractivity contribution in [3.05, 3.63) is 21.8 Å². The van der Waals surface area contributed by atoms with Gasteiger partial charge in [0.25, 0.3) is 11.8 Å². The lowest BCUT2D eigenvalue weighted by Gasteiger charge is -2.38. The number of carbonyl (C=O) groups is 2. The van der Waals surface area contributed by atoms with Crippen molar-refractivity contribution in [2.24, 2.45) is 16.3 Å². The van der Waals surface area contributed by atoms with Crippen LogP contribution in [0.25, 0.3) is 5.57 Å². The first-order valence-electron chi connectivity index (χ1n) is 13.0. The highest BCUT2D eigenvalue weighted by Gasteiger charge is 2.47. The topological polar surface area (TPSA) is 86.7 Å². The molecule has 1 aromatic rings. The van der Waals surface area contributed by atoms with E-state index < -0.39 is 23.9 Å². The summed E-state index contributed by atoms with van der Waals surface area (Å²) in [4.78, 5) is 36.8. The lowest BCUT2D eigenvalue weighted by molar-refractivity contribution is -0.156. The first-order chi connectivity index (χ1) is 17.3. The third-order valence-electron chi connectivity index (χ3n) is 7.12. The van der Waals surface area contributed by atoms with Crippen molar-refractivity contribution in [1.82, 2.24) is 20.5 Å². The molecule has 204 valence electrons. The van der Waals surface area contributed by atoms with Gasteiger partial charge >= 0.3 is 6.18 Å². The van der Waals surface area contributed by atoms with Gasteiger partial charge in [0.15, 0.2) is 5.01 Å². The van der Waals surface area contributed by atoms with Crippen LogP contribution >= 0.6 is 11.3 Å². The van der Waals surface area contributed by atoms with Crippen LogP contribution in [0.5, 0.6) is 0 Å². The van der Waals surface area contributed by atoms with Gasteiger partial charge in [0, 0.05) is 37.3 Å². The molecule has 7 nitrogen and oxygen atoms in total. The van der Waals surface area contributed by atoms with E-state index in [0.717, 1.165) is 49.9 Å². The fraction of sp³-hybridized carbons (Fsp3) is 0.692. The molecule has 2 fully saturated rings. The highest BCUT2D eigenvalue weighted by atomic mass is 32.1. The first-order valence-corrected chi connectivity index (χ1v) is 13.9. The summed E-state index contributed by atoms with van der Waals surface area (Å²) in [6.45, 7) is 8.64. The maximum Gasteiger partial charge on any atom is 0.396 e. The number of hydrogen-bond acceptors (Lipinski definition) is 5. The lowest BCUT2D eigenvalue weighted by atomic mass is 9.89. The summed E-state index contributed by atoms with van der Waals surface area (Å²) >= 11 is 0.844. The van der Waals surface area contributed by atoms with Crippen molar-refractivity contribution in [3.8, 4) is 0 Å². The predicted octanol–water partition coefficient (Wildman–Crippen LogP) is 5.40. The van der Waals surface area contributed by atoms with E-state index in [-0.39, 0.29) is 45.1 Å². The van der Waals surface area contributed by atoms with E-state index in [9.17, 15) is 22.8 Å². The SMILES string of the molecule is C[C@H]1CCN1C(=O)c1nc(C(=O)NCC(C)(C)C)sc1C1=CNC(=NC2CCCCC2)CC1C(F)(F)F. The molecule has 2 amide bonds. The molecule has 3 heterocycles. The number of carbonyl (C=O) groups excluding carboxylic acids is 2. The van der Waals surface area contributed by atoms with Gasteiger partial charge in [-0.25, -0.2) is 4.98 Å². The second-order valence-electron chi connectivity index (χ2n) is 11.5. The zero-order valence-corrected chi connectivity index (χ0v) is 22.7. The number of aliphatic imine (C=N–C) groups is 1. The summed E-state index contributed by atoms with van der Waals surface area (Å²) in [6, 6.07) is 0.0120. The number of aromatic nitrogens is 1. The van der Waals surface area contributed by atoms with Crippen molar-refractivity contribution >= 4 is 34.6 Å². The zero-order valence-electron chi connectivity index (χ0n) is 21.9. The number of thiazole rings is 1. The summed E-state index contributed by atoms with van der Waals surface area (Å²) in [6.07, 6.45) is 2.21. The molecule has 1 saturated heterocycles. The Kier molecular flexibility index (Phi) is 8.02. The minimum atomic E-state index is -4.55.